The zero-order valence-electron chi connectivity index (χ0n) is 8.37. The van der Waals surface area contributed by atoms with Gasteiger partial charge in [0, 0.05) is 12.1 Å². The van der Waals surface area contributed by atoms with Crippen LogP contribution in [-0.4, -0.2) is 27.2 Å². The Balaban J connectivity index is 2.77. The summed E-state index contributed by atoms with van der Waals surface area (Å²) < 4.78 is 0. The molecule has 0 saturated heterocycles. The van der Waals surface area contributed by atoms with Crippen LogP contribution in [0.3, 0.4) is 0 Å². The average molecular weight is 210 g/mol. The minimum Gasteiger partial charge on any atom is -0.480 e. The summed E-state index contributed by atoms with van der Waals surface area (Å²) in [5.74, 6) is -1.71. The molecule has 0 amide bonds. The molecule has 0 fully saturated rings. The molecule has 0 aliphatic carbocycles. The summed E-state index contributed by atoms with van der Waals surface area (Å²) in [5, 5.41) is 18.5. The number of aliphatic hydroxyl groups is 1. The van der Waals surface area contributed by atoms with Crippen molar-refractivity contribution in [2.45, 2.75) is 19.1 Å². The largest absolute Gasteiger partial charge is 0.480 e. The third kappa shape index (κ3) is 2.74. The van der Waals surface area contributed by atoms with E-state index >= 15 is 0 Å². The van der Waals surface area contributed by atoms with Gasteiger partial charge in [-0.3, -0.25) is 9.78 Å². The molecule has 15 heavy (non-hydrogen) atoms. The minimum absolute atomic E-state index is 0.432. The molecule has 1 aromatic heterocycles. The SMILES string of the molecule is C[C@@H]([C@H](N)C(=O)O)[C@@H](O)c1ccccn1. The molecule has 5 nitrogen and oxygen atoms in total. The first-order valence-corrected chi connectivity index (χ1v) is 4.61. The van der Waals surface area contributed by atoms with E-state index in [1.165, 1.54) is 6.20 Å². The van der Waals surface area contributed by atoms with Crippen molar-refractivity contribution in [2.24, 2.45) is 11.7 Å². The van der Waals surface area contributed by atoms with Crippen molar-refractivity contribution in [3.8, 4) is 0 Å². The molecule has 0 aliphatic rings. The zero-order chi connectivity index (χ0) is 11.4. The van der Waals surface area contributed by atoms with Crippen LogP contribution < -0.4 is 5.73 Å². The van der Waals surface area contributed by atoms with E-state index in [2.05, 4.69) is 4.98 Å². The van der Waals surface area contributed by atoms with Crippen molar-refractivity contribution in [2.75, 3.05) is 0 Å². The molecule has 0 radical (unpaired) electrons. The molecule has 5 heteroatoms. The van der Waals surface area contributed by atoms with Crippen LogP contribution >= 0.6 is 0 Å². The van der Waals surface area contributed by atoms with Crippen LogP contribution in [0.5, 0.6) is 0 Å². The molecular weight excluding hydrogens is 196 g/mol. The molecule has 4 N–H and O–H groups in total. The van der Waals surface area contributed by atoms with Gasteiger partial charge in [0.2, 0.25) is 0 Å². The number of carboxylic acid groups (broad SMARTS) is 1. The van der Waals surface area contributed by atoms with Crippen LogP contribution in [-0.2, 0) is 4.79 Å². The third-order valence-corrected chi connectivity index (χ3v) is 2.34. The van der Waals surface area contributed by atoms with Crippen molar-refractivity contribution < 1.29 is 15.0 Å². The third-order valence-electron chi connectivity index (χ3n) is 2.34. The van der Waals surface area contributed by atoms with E-state index in [1.807, 2.05) is 0 Å². The van der Waals surface area contributed by atoms with E-state index in [0.717, 1.165) is 0 Å². The van der Waals surface area contributed by atoms with Crippen LogP contribution in [0.15, 0.2) is 24.4 Å². The number of carbonyl (C=O) groups is 1. The minimum atomic E-state index is -1.13. The lowest BCUT2D eigenvalue weighted by Gasteiger charge is -2.21. The summed E-state index contributed by atoms with van der Waals surface area (Å²) in [6, 6.07) is 3.99. The second-order valence-electron chi connectivity index (χ2n) is 3.42. The van der Waals surface area contributed by atoms with E-state index in [4.69, 9.17) is 10.8 Å². The molecule has 3 atom stereocenters. The van der Waals surface area contributed by atoms with Gasteiger partial charge < -0.3 is 15.9 Å². The highest BCUT2D eigenvalue weighted by Gasteiger charge is 2.28. The lowest BCUT2D eigenvalue weighted by Crippen LogP contribution is -2.39. The average Bonchev–Trinajstić information content (AvgIpc) is 2.27. The molecule has 82 valence electrons. The summed E-state index contributed by atoms with van der Waals surface area (Å²) in [6.07, 6.45) is 0.578. The summed E-state index contributed by atoms with van der Waals surface area (Å²) in [6.45, 7) is 1.58. The van der Waals surface area contributed by atoms with Gasteiger partial charge in [0.15, 0.2) is 0 Å². The molecule has 1 aromatic rings. The molecule has 1 heterocycles. The number of nitrogens with zero attached hydrogens (tertiary/aromatic N) is 1. The van der Waals surface area contributed by atoms with Crippen LogP contribution in [0.4, 0.5) is 0 Å². The molecule has 0 aliphatic heterocycles. The maximum atomic E-state index is 10.6. The van der Waals surface area contributed by atoms with E-state index in [-0.39, 0.29) is 0 Å². The number of carboxylic acids is 1. The van der Waals surface area contributed by atoms with Gasteiger partial charge >= 0.3 is 5.97 Å². The number of nitrogens with two attached hydrogens (primary N) is 1. The van der Waals surface area contributed by atoms with Crippen molar-refractivity contribution in [3.63, 3.8) is 0 Å². The van der Waals surface area contributed by atoms with Crippen molar-refractivity contribution >= 4 is 5.97 Å². The first kappa shape index (κ1) is 11.6. The smallest absolute Gasteiger partial charge is 0.320 e. The molecule has 1 rings (SSSR count). The fourth-order valence-electron chi connectivity index (χ4n) is 1.24. The molecule has 0 saturated carbocycles. The topological polar surface area (TPSA) is 96.4 Å². The van der Waals surface area contributed by atoms with Gasteiger partial charge in [0.05, 0.1) is 5.69 Å². The normalized spacial score (nSPS) is 16.7. The highest BCUT2D eigenvalue weighted by Crippen LogP contribution is 2.21. The van der Waals surface area contributed by atoms with Crippen molar-refractivity contribution in [1.29, 1.82) is 0 Å². The summed E-state index contributed by atoms with van der Waals surface area (Å²) in [4.78, 5) is 14.6. The number of pyridine rings is 1. The first-order valence-electron chi connectivity index (χ1n) is 4.61. The Hall–Kier alpha value is -1.46. The van der Waals surface area contributed by atoms with E-state index in [0.29, 0.717) is 5.69 Å². The fraction of sp³-hybridized carbons (Fsp3) is 0.400. The maximum Gasteiger partial charge on any atom is 0.320 e. The van der Waals surface area contributed by atoms with Gasteiger partial charge in [0.1, 0.15) is 12.1 Å². The Morgan fingerprint density at radius 2 is 2.20 bits per heavy atom. The Labute approximate surface area is 87.6 Å². The Kier molecular flexibility index (Phi) is 3.76. The lowest BCUT2D eigenvalue weighted by molar-refractivity contribution is -0.141. The Bertz CT molecular complexity index is 329. The number of aromatic nitrogens is 1. The molecule has 0 bridgehead atoms. The molecule has 0 spiro atoms. The number of aliphatic carboxylic acids is 1. The monoisotopic (exact) mass is 210 g/mol. The first-order chi connectivity index (χ1) is 7.04. The molecule has 0 aromatic carbocycles. The zero-order valence-corrected chi connectivity index (χ0v) is 8.37. The number of aliphatic hydroxyl groups excluding tert-OH is 1. The van der Waals surface area contributed by atoms with Crippen LogP contribution in [0.25, 0.3) is 0 Å². The van der Waals surface area contributed by atoms with E-state index in [1.54, 1.807) is 25.1 Å². The van der Waals surface area contributed by atoms with Crippen LogP contribution in [0, 0.1) is 5.92 Å². The Morgan fingerprint density at radius 3 is 2.67 bits per heavy atom. The van der Waals surface area contributed by atoms with E-state index in [9.17, 15) is 9.90 Å². The quantitative estimate of drug-likeness (QED) is 0.658. The summed E-state index contributed by atoms with van der Waals surface area (Å²) in [7, 11) is 0. The van der Waals surface area contributed by atoms with Crippen LogP contribution in [0.1, 0.15) is 18.7 Å². The van der Waals surface area contributed by atoms with Crippen LogP contribution in [0.2, 0.25) is 0 Å². The fourth-order valence-corrected chi connectivity index (χ4v) is 1.24. The van der Waals surface area contributed by atoms with Gasteiger partial charge in [-0.25, -0.2) is 0 Å². The van der Waals surface area contributed by atoms with Crippen molar-refractivity contribution in [1.82, 2.24) is 4.98 Å². The van der Waals surface area contributed by atoms with Gasteiger partial charge in [-0.05, 0) is 12.1 Å². The van der Waals surface area contributed by atoms with Gasteiger partial charge in [-0.2, -0.15) is 0 Å². The predicted octanol–water partition coefficient (Wildman–Crippen LogP) is 0.163. The second kappa shape index (κ2) is 4.86. The highest BCUT2D eigenvalue weighted by molar-refractivity contribution is 5.73. The van der Waals surface area contributed by atoms with Crippen molar-refractivity contribution in [3.05, 3.63) is 30.1 Å². The number of hydrogen-bond donors (Lipinski definition) is 3. The maximum absolute atomic E-state index is 10.6. The Morgan fingerprint density at radius 1 is 1.53 bits per heavy atom. The standard InChI is InChI=1S/C10H14N2O3/c1-6(8(11)10(14)15)9(13)7-4-2-3-5-12-7/h2-6,8-9,13H,11H2,1H3,(H,14,15)/t6-,8-,9+/m0/s1. The lowest BCUT2D eigenvalue weighted by atomic mass is 9.94. The number of rotatable bonds is 4. The molecule has 0 unspecified atom stereocenters. The van der Waals surface area contributed by atoms with E-state index < -0.39 is 24.0 Å². The predicted molar refractivity (Wildman–Crippen MR) is 54.0 cm³/mol. The summed E-state index contributed by atoms with van der Waals surface area (Å²) in [5.41, 5.74) is 5.84. The highest BCUT2D eigenvalue weighted by atomic mass is 16.4. The van der Waals surface area contributed by atoms with Gasteiger partial charge in [0.25, 0.3) is 0 Å². The number of hydrogen-bond acceptors (Lipinski definition) is 4. The van der Waals surface area contributed by atoms with Gasteiger partial charge in [-0.1, -0.05) is 13.0 Å². The molecular formula is C10H14N2O3. The van der Waals surface area contributed by atoms with Gasteiger partial charge in [-0.15, -0.1) is 0 Å². The summed E-state index contributed by atoms with van der Waals surface area (Å²) >= 11 is 0. The second-order valence-corrected chi connectivity index (χ2v) is 3.42.